The fourth-order valence-corrected chi connectivity index (χ4v) is 3.15. The average Bonchev–Trinajstić information content (AvgIpc) is 2.51. The summed E-state index contributed by atoms with van der Waals surface area (Å²) in [5.74, 6) is -0.272. The number of rotatable bonds is 8. The third-order valence-electron chi connectivity index (χ3n) is 4.99. The zero-order valence-electron chi connectivity index (χ0n) is 15.9. The van der Waals surface area contributed by atoms with Gasteiger partial charge in [0.15, 0.2) is 0 Å². The van der Waals surface area contributed by atoms with Crippen molar-refractivity contribution < 1.29 is 9.53 Å². The molecule has 2 heterocycles. The van der Waals surface area contributed by atoms with Crippen LogP contribution in [0.25, 0.3) is 0 Å². The summed E-state index contributed by atoms with van der Waals surface area (Å²) in [7, 11) is 1.73. The number of carbonyl (C=O) groups excluding carboxylic acids is 1. The lowest BCUT2D eigenvalue weighted by atomic mass is 10.0. The number of nitrogens with zero attached hydrogens (tertiary/aromatic N) is 3. The third-order valence-corrected chi connectivity index (χ3v) is 4.99. The maximum Gasteiger partial charge on any atom is 0.270 e. The van der Waals surface area contributed by atoms with Gasteiger partial charge in [-0.15, -0.1) is 0 Å². The molecule has 7 heteroatoms. The quantitative estimate of drug-likeness (QED) is 0.749. The highest BCUT2D eigenvalue weighted by Crippen LogP contribution is 2.18. The second-order valence-electron chi connectivity index (χ2n) is 7.36. The summed E-state index contributed by atoms with van der Waals surface area (Å²) in [6.45, 7) is 10.4. The Balaban J connectivity index is 2.24. The Labute approximate surface area is 149 Å². The smallest absolute Gasteiger partial charge is 0.270 e. The topological polar surface area (TPSA) is 90.4 Å². The molecule has 140 valence electrons. The predicted molar refractivity (Wildman–Crippen MR) is 96.6 cm³/mol. The van der Waals surface area contributed by atoms with E-state index in [0.717, 1.165) is 37.3 Å². The number of ether oxygens (including phenoxy) is 1. The highest BCUT2D eigenvalue weighted by molar-refractivity contribution is 5.78. The van der Waals surface area contributed by atoms with Crippen molar-refractivity contribution >= 4 is 5.91 Å². The van der Waals surface area contributed by atoms with E-state index >= 15 is 0 Å². The first kappa shape index (κ1) is 19.6. The molecule has 2 rings (SSSR count). The van der Waals surface area contributed by atoms with Crippen LogP contribution in [-0.4, -0.2) is 53.4 Å². The zero-order valence-corrected chi connectivity index (χ0v) is 15.9. The van der Waals surface area contributed by atoms with Crippen molar-refractivity contribution in [3.05, 3.63) is 27.2 Å². The van der Waals surface area contributed by atoms with Gasteiger partial charge < -0.3 is 10.5 Å². The fraction of sp³-hybridized carbons (Fsp3) is 0.722. The Kier molecular flexibility index (Phi) is 6.35. The van der Waals surface area contributed by atoms with Crippen molar-refractivity contribution in [1.29, 1.82) is 0 Å². The molecule has 0 aromatic carbocycles. The Bertz CT molecular complexity index is 678. The molecule has 7 nitrogen and oxygen atoms in total. The van der Waals surface area contributed by atoms with Crippen molar-refractivity contribution in [2.75, 3.05) is 26.7 Å². The van der Waals surface area contributed by atoms with E-state index in [-0.39, 0.29) is 11.5 Å². The Morgan fingerprint density at radius 3 is 2.48 bits per heavy atom. The highest BCUT2D eigenvalue weighted by atomic mass is 16.5. The molecule has 1 saturated heterocycles. The molecule has 1 amide bonds. The minimum Gasteiger partial charge on any atom is -0.379 e. The maximum absolute atomic E-state index is 12.6. The Morgan fingerprint density at radius 2 is 1.96 bits per heavy atom. The van der Waals surface area contributed by atoms with Crippen LogP contribution >= 0.6 is 0 Å². The van der Waals surface area contributed by atoms with Gasteiger partial charge in [0.2, 0.25) is 5.91 Å². The van der Waals surface area contributed by atoms with Crippen LogP contribution in [0.5, 0.6) is 0 Å². The maximum atomic E-state index is 12.6. The predicted octanol–water partition coefficient (Wildman–Crippen LogP) is 0.806. The van der Waals surface area contributed by atoms with Gasteiger partial charge in [-0.1, -0.05) is 13.8 Å². The second kappa shape index (κ2) is 8.10. The van der Waals surface area contributed by atoms with Crippen molar-refractivity contribution in [2.45, 2.75) is 52.7 Å². The van der Waals surface area contributed by atoms with E-state index in [4.69, 9.17) is 10.5 Å². The van der Waals surface area contributed by atoms with E-state index in [1.807, 2.05) is 20.8 Å². The van der Waals surface area contributed by atoms with Crippen LogP contribution in [0.2, 0.25) is 0 Å². The summed E-state index contributed by atoms with van der Waals surface area (Å²) in [6.07, 6.45) is 1.55. The molecule has 0 bridgehead atoms. The van der Waals surface area contributed by atoms with E-state index in [1.165, 1.54) is 4.68 Å². The molecule has 1 aliphatic rings. The van der Waals surface area contributed by atoms with Crippen molar-refractivity contribution in [1.82, 2.24) is 14.7 Å². The number of amides is 1. The number of primary amides is 1. The van der Waals surface area contributed by atoms with Gasteiger partial charge in [0.1, 0.15) is 6.04 Å². The average molecular weight is 350 g/mol. The number of aromatic nitrogens is 2. The first-order valence-corrected chi connectivity index (χ1v) is 8.87. The lowest BCUT2D eigenvalue weighted by Gasteiger charge is -2.38. The van der Waals surface area contributed by atoms with Crippen molar-refractivity contribution in [3.8, 4) is 0 Å². The molecular weight excluding hydrogens is 320 g/mol. The van der Waals surface area contributed by atoms with Crippen LogP contribution < -0.4 is 11.3 Å². The highest BCUT2D eigenvalue weighted by Gasteiger charge is 2.27. The molecule has 0 aliphatic carbocycles. The van der Waals surface area contributed by atoms with Gasteiger partial charge in [-0.25, -0.2) is 4.68 Å². The Morgan fingerprint density at radius 1 is 1.32 bits per heavy atom. The summed E-state index contributed by atoms with van der Waals surface area (Å²) < 4.78 is 6.59. The molecule has 25 heavy (non-hydrogen) atoms. The Hall–Kier alpha value is -1.73. The number of hydrogen-bond donors (Lipinski definition) is 1. The lowest BCUT2D eigenvalue weighted by molar-refractivity contribution is -0.122. The molecule has 1 fully saturated rings. The molecule has 0 spiro atoms. The fourth-order valence-electron chi connectivity index (χ4n) is 3.15. The molecule has 0 saturated carbocycles. The molecule has 2 N–H and O–H groups in total. The van der Waals surface area contributed by atoms with Gasteiger partial charge in [0, 0.05) is 38.7 Å². The minimum atomic E-state index is -0.701. The van der Waals surface area contributed by atoms with E-state index in [0.29, 0.717) is 18.1 Å². The zero-order chi connectivity index (χ0) is 18.7. The first-order valence-electron chi connectivity index (χ1n) is 8.87. The van der Waals surface area contributed by atoms with Crippen molar-refractivity contribution in [2.24, 2.45) is 11.7 Å². The van der Waals surface area contributed by atoms with Crippen LogP contribution in [0.4, 0.5) is 0 Å². The number of likely N-dealkylation sites (tertiary alicyclic amines) is 1. The van der Waals surface area contributed by atoms with E-state index in [1.54, 1.807) is 14.0 Å². The van der Waals surface area contributed by atoms with Gasteiger partial charge in [-0.3, -0.25) is 14.5 Å². The van der Waals surface area contributed by atoms with Gasteiger partial charge in [0.25, 0.3) is 5.56 Å². The summed E-state index contributed by atoms with van der Waals surface area (Å²) in [4.78, 5) is 26.8. The van der Waals surface area contributed by atoms with E-state index in [9.17, 15) is 9.59 Å². The van der Waals surface area contributed by atoms with Gasteiger partial charge >= 0.3 is 0 Å². The standard InChI is InChI=1S/C18H30N4O3/c1-11(2)8-16(17(19)23)22-18(24)13(4)12(3)15(20-22)6-7-21-9-14(10-21)25-5/h11,14,16H,6-10H2,1-5H3,(H2,19,23)/t16-/m0/s1. The SMILES string of the molecule is COC1CN(CCc2nn([C@@H](CC(C)C)C(N)=O)c(=O)c(C)c2C)C1. The minimum absolute atomic E-state index is 0.228. The van der Waals surface area contributed by atoms with Crippen LogP contribution in [0, 0.1) is 19.8 Å². The number of hydrogen-bond acceptors (Lipinski definition) is 5. The number of nitrogens with two attached hydrogens (primary N) is 1. The van der Waals surface area contributed by atoms with E-state index in [2.05, 4.69) is 10.00 Å². The van der Waals surface area contributed by atoms with Gasteiger partial charge in [0.05, 0.1) is 11.8 Å². The third kappa shape index (κ3) is 4.46. The second-order valence-corrected chi connectivity index (χ2v) is 7.36. The van der Waals surface area contributed by atoms with Gasteiger partial charge in [-0.05, 0) is 31.7 Å². The summed E-state index contributed by atoms with van der Waals surface area (Å²) in [6, 6.07) is -0.701. The van der Waals surface area contributed by atoms with Crippen molar-refractivity contribution in [3.63, 3.8) is 0 Å². The molecular formula is C18H30N4O3. The normalized spacial score (nSPS) is 16.9. The summed E-state index contributed by atoms with van der Waals surface area (Å²) >= 11 is 0. The van der Waals surface area contributed by atoms with Crippen LogP contribution in [0.15, 0.2) is 4.79 Å². The lowest BCUT2D eigenvalue weighted by Crippen LogP contribution is -2.52. The first-order chi connectivity index (χ1) is 11.7. The molecule has 1 aromatic rings. The molecule has 1 aliphatic heterocycles. The van der Waals surface area contributed by atoms with Crippen LogP contribution in [0.3, 0.4) is 0 Å². The monoisotopic (exact) mass is 350 g/mol. The molecule has 1 aromatic heterocycles. The number of carbonyl (C=O) groups is 1. The largest absolute Gasteiger partial charge is 0.379 e. The summed E-state index contributed by atoms with van der Waals surface area (Å²) in [5, 5.41) is 4.52. The van der Waals surface area contributed by atoms with Crippen LogP contribution in [-0.2, 0) is 16.0 Å². The number of methoxy groups -OCH3 is 1. The molecule has 0 unspecified atom stereocenters. The summed E-state index contributed by atoms with van der Waals surface area (Å²) in [5.41, 5.74) is 7.71. The van der Waals surface area contributed by atoms with Gasteiger partial charge in [-0.2, -0.15) is 5.10 Å². The molecule has 1 atom stereocenters. The van der Waals surface area contributed by atoms with E-state index < -0.39 is 11.9 Å². The molecule has 0 radical (unpaired) electrons. The van der Waals surface area contributed by atoms with Crippen LogP contribution in [0.1, 0.15) is 43.1 Å².